The number of aliphatic hydroxyl groups is 1. The molecular formula is C21H20O5. The smallest absolute Gasteiger partial charge is 0.161 e. The molecule has 26 heavy (non-hydrogen) atoms. The average molecular weight is 352 g/mol. The first-order chi connectivity index (χ1) is 12.7. The second kappa shape index (κ2) is 7.97. The fourth-order valence-electron chi connectivity index (χ4n) is 3.20. The van der Waals surface area contributed by atoms with Gasteiger partial charge in [-0.25, -0.2) is 0 Å². The van der Waals surface area contributed by atoms with Crippen LogP contribution in [-0.2, 0) is 4.79 Å². The zero-order valence-electron chi connectivity index (χ0n) is 14.4. The van der Waals surface area contributed by atoms with E-state index in [-0.39, 0.29) is 12.5 Å². The van der Waals surface area contributed by atoms with Gasteiger partial charge in [0.25, 0.3) is 0 Å². The molecule has 0 amide bonds. The van der Waals surface area contributed by atoms with Gasteiger partial charge in [-0.15, -0.1) is 0 Å². The van der Waals surface area contributed by atoms with E-state index in [1.807, 2.05) is 30.3 Å². The Morgan fingerprint density at radius 1 is 1.12 bits per heavy atom. The van der Waals surface area contributed by atoms with E-state index in [1.165, 1.54) is 7.11 Å². The fraction of sp³-hybridized carbons (Fsp3) is 0.238. The molecule has 0 bridgehead atoms. The van der Waals surface area contributed by atoms with Crippen LogP contribution in [0.1, 0.15) is 33.8 Å². The molecule has 1 N–H and O–H groups in total. The Balaban J connectivity index is 1.65. The summed E-state index contributed by atoms with van der Waals surface area (Å²) in [7, 11) is 1.49. The zero-order chi connectivity index (χ0) is 18.5. The lowest BCUT2D eigenvalue weighted by atomic mass is 9.95. The molecule has 0 fully saturated rings. The van der Waals surface area contributed by atoms with Crippen molar-refractivity contribution in [3.05, 3.63) is 65.2 Å². The SMILES string of the molecule is COc1cc(C=O)ccc1OCC(O)CC1C=C(C=O)c2ccccc21. The van der Waals surface area contributed by atoms with Crippen molar-refractivity contribution < 1.29 is 24.2 Å². The molecule has 0 aliphatic heterocycles. The first kappa shape index (κ1) is 17.9. The standard InChI is InChI=1S/C21H20O5/c1-25-21-8-14(11-22)6-7-20(21)26-13-17(24)10-15-9-16(12-23)19-5-3-2-4-18(15)19/h2-9,11-12,15,17,24H,10,13H2,1H3. The van der Waals surface area contributed by atoms with Gasteiger partial charge in [0.05, 0.1) is 13.2 Å². The third kappa shape index (κ3) is 3.68. The Morgan fingerprint density at radius 3 is 2.65 bits per heavy atom. The van der Waals surface area contributed by atoms with E-state index in [1.54, 1.807) is 18.2 Å². The van der Waals surface area contributed by atoms with Gasteiger partial charge >= 0.3 is 0 Å². The van der Waals surface area contributed by atoms with Gasteiger partial charge in [-0.3, -0.25) is 9.59 Å². The molecule has 0 saturated carbocycles. The van der Waals surface area contributed by atoms with E-state index in [0.29, 0.717) is 29.1 Å². The number of carbonyl (C=O) groups is 2. The summed E-state index contributed by atoms with van der Waals surface area (Å²) in [6.45, 7) is 0.0831. The maximum Gasteiger partial charge on any atom is 0.161 e. The number of allylic oxidation sites excluding steroid dienone is 2. The third-order valence-corrected chi connectivity index (χ3v) is 4.46. The van der Waals surface area contributed by atoms with Gasteiger partial charge in [0, 0.05) is 17.1 Å². The second-order valence-corrected chi connectivity index (χ2v) is 6.16. The zero-order valence-corrected chi connectivity index (χ0v) is 14.4. The number of aliphatic hydroxyl groups excluding tert-OH is 1. The van der Waals surface area contributed by atoms with Crippen molar-refractivity contribution in [3.63, 3.8) is 0 Å². The quantitative estimate of drug-likeness (QED) is 0.740. The van der Waals surface area contributed by atoms with Crippen molar-refractivity contribution in [2.75, 3.05) is 13.7 Å². The highest BCUT2D eigenvalue weighted by atomic mass is 16.5. The van der Waals surface area contributed by atoms with Crippen LogP contribution in [0.5, 0.6) is 11.5 Å². The monoisotopic (exact) mass is 352 g/mol. The molecule has 0 saturated heterocycles. The van der Waals surface area contributed by atoms with E-state index in [2.05, 4.69) is 0 Å². The van der Waals surface area contributed by atoms with Crippen molar-refractivity contribution in [2.45, 2.75) is 18.4 Å². The normalized spacial score (nSPS) is 16.4. The highest BCUT2D eigenvalue weighted by Crippen LogP contribution is 2.37. The summed E-state index contributed by atoms with van der Waals surface area (Å²) in [6, 6.07) is 12.6. The number of hydrogen-bond acceptors (Lipinski definition) is 5. The van der Waals surface area contributed by atoms with E-state index in [4.69, 9.17) is 9.47 Å². The van der Waals surface area contributed by atoms with Gasteiger partial charge in [-0.2, -0.15) is 0 Å². The molecule has 5 heteroatoms. The van der Waals surface area contributed by atoms with Crippen molar-refractivity contribution in [1.29, 1.82) is 0 Å². The Bertz CT molecular complexity index is 840. The van der Waals surface area contributed by atoms with E-state index < -0.39 is 6.10 Å². The number of carbonyl (C=O) groups excluding carboxylic acids is 2. The third-order valence-electron chi connectivity index (χ3n) is 4.46. The van der Waals surface area contributed by atoms with Crippen LogP contribution in [0.3, 0.4) is 0 Å². The highest BCUT2D eigenvalue weighted by Gasteiger charge is 2.25. The molecular weight excluding hydrogens is 332 g/mol. The molecule has 5 nitrogen and oxygen atoms in total. The summed E-state index contributed by atoms with van der Waals surface area (Å²) in [4.78, 5) is 22.1. The van der Waals surface area contributed by atoms with Crippen LogP contribution < -0.4 is 9.47 Å². The first-order valence-electron chi connectivity index (χ1n) is 8.36. The maximum absolute atomic E-state index is 11.2. The van der Waals surface area contributed by atoms with Gasteiger partial charge in [-0.1, -0.05) is 30.3 Å². The van der Waals surface area contributed by atoms with Crippen LogP contribution in [-0.4, -0.2) is 37.5 Å². The number of ether oxygens (including phenoxy) is 2. The number of fused-ring (bicyclic) bond motifs is 1. The van der Waals surface area contributed by atoms with Crippen molar-refractivity contribution in [3.8, 4) is 11.5 Å². The molecule has 2 aromatic carbocycles. The molecule has 0 radical (unpaired) electrons. The van der Waals surface area contributed by atoms with Crippen molar-refractivity contribution in [1.82, 2.24) is 0 Å². The van der Waals surface area contributed by atoms with E-state index in [9.17, 15) is 14.7 Å². The van der Waals surface area contributed by atoms with Gasteiger partial charge in [0.1, 0.15) is 19.2 Å². The minimum atomic E-state index is -0.717. The van der Waals surface area contributed by atoms with Crippen LogP contribution in [0.25, 0.3) is 5.57 Å². The van der Waals surface area contributed by atoms with Crippen LogP contribution in [0.4, 0.5) is 0 Å². The average Bonchev–Trinajstić information content (AvgIpc) is 3.04. The minimum Gasteiger partial charge on any atom is -0.493 e. The maximum atomic E-state index is 11.2. The van der Waals surface area contributed by atoms with Crippen LogP contribution >= 0.6 is 0 Å². The molecule has 3 rings (SSSR count). The summed E-state index contributed by atoms with van der Waals surface area (Å²) < 4.78 is 10.9. The molecule has 2 atom stereocenters. The molecule has 2 unspecified atom stereocenters. The van der Waals surface area contributed by atoms with Gasteiger partial charge in [0.15, 0.2) is 11.5 Å². The summed E-state index contributed by atoms with van der Waals surface area (Å²) in [5, 5.41) is 10.4. The van der Waals surface area contributed by atoms with Crippen molar-refractivity contribution >= 4 is 18.1 Å². The molecule has 2 aromatic rings. The minimum absolute atomic E-state index is 0.0238. The van der Waals surface area contributed by atoms with Gasteiger partial charge < -0.3 is 14.6 Å². The van der Waals surface area contributed by atoms with Crippen LogP contribution in [0, 0.1) is 0 Å². The number of benzene rings is 2. The lowest BCUT2D eigenvalue weighted by Crippen LogP contribution is -2.20. The van der Waals surface area contributed by atoms with E-state index >= 15 is 0 Å². The Morgan fingerprint density at radius 2 is 1.92 bits per heavy atom. The van der Waals surface area contributed by atoms with Gasteiger partial charge in [0.2, 0.25) is 0 Å². The molecule has 1 aliphatic rings. The van der Waals surface area contributed by atoms with Crippen molar-refractivity contribution in [2.24, 2.45) is 0 Å². The number of aldehydes is 2. The largest absolute Gasteiger partial charge is 0.493 e. The molecule has 134 valence electrons. The highest BCUT2D eigenvalue weighted by molar-refractivity contribution is 6.09. The molecule has 0 aromatic heterocycles. The first-order valence-corrected chi connectivity index (χ1v) is 8.36. The molecule has 0 heterocycles. The number of rotatable bonds is 8. The summed E-state index contributed by atoms with van der Waals surface area (Å²) in [5.41, 5.74) is 3.11. The summed E-state index contributed by atoms with van der Waals surface area (Å²) in [6.07, 6.45) is 3.20. The van der Waals surface area contributed by atoms with Crippen LogP contribution in [0.15, 0.2) is 48.5 Å². The van der Waals surface area contributed by atoms with E-state index in [0.717, 1.165) is 23.7 Å². The van der Waals surface area contributed by atoms with Crippen LogP contribution in [0.2, 0.25) is 0 Å². The predicted molar refractivity (Wildman–Crippen MR) is 97.7 cm³/mol. The van der Waals surface area contributed by atoms with Gasteiger partial charge in [-0.05, 0) is 35.7 Å². The lowest BCUT2D eigenvalue weighted by Gasteiger charge is -2.18. The second-order valence-electron chi connectivity index (χ2n) is 6.16. The fourth-order valence-corrected chi connectivity index (χ4v) is 3.20. The molecule has 0 spiro atoms. The number of hydrogen-bond donors (Lipinski definition) is 1. The summed E-state index contributed by atoms with van der Waals surface area (Å²) >= 11 is 0. The summed E-state index contributed by atoms with van der Waals surface area (Å²) in [5.74, 6) is 0.883. The Hall–Kier alpha value is -2.92. The lowest BCUT2D eigenvalue weighted by molar-refractivity contribution is -0.103. The Kier molecular flexibility index (Phi) is 5.49. The topological polar surface area (TPSA) is 72.8 Å². The number of methoxy groups -OCH3 is 1. The predicted octanol–water partition coefficient (Wildman–Crippen LogP) is 3.02. The molecule has 1 aliphatic carbocycles. The Labute approximate surface area is 151 Å².